The Hall–Kier alpha value is -3.67. The molecule has 0 aliphatic rings. The number of rotatable bonds is 7. The number of hydrazone groups is 1. The number of benzene rings is 3. The standard InChI is InChI=1S/C20H17N3O3/c24-23(25)20-12-5-4-11-19(20)22-21-14-17-9-6-10-18(13-17)26-15-16-7-2-1-3-8-16/h1-14,22H,15H2/b21-14+. The molecule has 0 saturated heterocycles. The van der Waals surface area contributed by atoms with E-state index in [2.05, 4.69) is 10.5 Å². The van der Waals surface area contributed by atoms with Crippen LogP contribution in [0.4, 0.5) is 11.4 Å². The van der Waals surface area contributed by atoms with E-state index < -0.39 is 4.92 Å². The molecular formula is C20H17N3O3. The first-order valence-corrected chi connectivity index (χ1v) is 8.01. The first-order chi connectivity index (χ1) is 12.7. The second kappa shape index (κ2) is 8.43. The van der Waals surface area contributed by atoms with Crippen LogP contribution in [0.15, 0.2) is 84.0 Å². The Morgan fingerprint density at radius 3 is 2.58 bits per heavy atom. The molecule has 26 heavy (non-hydrogen) atoms. The van der Waals surface area contributed by atoms with Crippen molar-refractivity contribution in [3.8, 4) is 5.75 Å². The monoisotopic (exact) mass is 347 g/mol. The average molecular weight is 347 g/mol. The van der Waals surface area contributed by atoms with Gasteiger partial charge in [-0.15, -0.1) is 0 Å². The lowest BCUT2D eigenvalue weighted by molar-refractivity contribution is -0.384. The molecule has 0 heterocycles. The smallest absolute Gasteiger partial charge is 0.294 e. The van der Waals surface area contributed by atoms with Gasteiger partial charge in [0.2, 0.25) is 0 Å². The normalized spacial score (nSPS) is 10.6. The zero-order valence-corrected chi connectivity index (χ0v) is 13.9. The number of ether oxygens (including phenoxy) is 1. The predicted octanol–water partition coefficient (Wildman–Crippen LogP) is 4.62. The summed E-state index contributed by atoms with van der Waals surface area (Å²) >= 11 is 0. The number of nitro groups is 1. The van der Waals surface area contributed by atoms with Gasteiger partial charge >= 0.3 is 0 Å². The SMILES string of the molecule is O=[N+]([O-])c1ccccc1N/N=C/c1cccc(OCc2ccccc2)c1. The van der Waals surface area contributed by atoms with E-state index in [1.807, 2.05) is 54.6 Å². The minimum absolute atomic E-state index is 0.0235. The molecule has 0 bridgehead atoms. The van der Waals surface area contributed by atoms with Crippen molar-refractivity contribution in [2.45, 2.75) is 6.61 Å². The molecule has 6 nitrogen and oxygen atoms in total. The van der Waals surface area contributed by atoms with E-state index in [0.717, 1.165) is 16.9 Å². The predicted molar refractivity (Wildman–Crippen MR) is 102 cm³/mol. The fourth-order valence-electron chi connectivity index (χ4n) is 2.33. The van der Waals surface area contributed by atoms with Gasteiger partial charge in [0.15, 0.2) is 0 Å². The lowest BCUT2D eigenvalue weighted by Gasteiger charge is -2.07. The van der Waals surface area contributed by atoms with Crippen molar-refractivity contribution in [3.63, 3.8) is 0 Å². The molecule has 3 rings (SSSR count). The molecule has 0 saturated carbocycles. The Kier molecular flexibility index (Phi) is 5.57. The summed E-state index contributed by atoms with van der Waals surface area (Å²) in [6.07, 6.45) is 1.59. The van der Waals surface area contributed by atoms with Gasteiger partial charge in [-0.2, -0.15) is 5.10 Å². The molecule has 0 amide bonds. The molecule has 0 aromatic heterocycles. The van der Waals surface area contributed by atoms with Gasteiger partial charge in [-0.05, 0) is 29.3 Å². The van der Waals surface area contributed by atoms with Gasteiger partial charge in [0.1, 0.15) is 18.0 Å². The maximum absolute atomic E-state index is 11.0. The summed E-state index contributed by atoms with van der Waals surface area (Å²) in [6.45, 7) is 0.482. The molecule has 0 aliphatic heterocycles. The number of hydrogen-bond donors (Lipinski definition) is 1. The molecule has 1 N–H and O–H groups in total. The van der Waals surface area contributed by atoms with Crippen LogP contribution in [0.3, 0.4) is 0 Å². The van der Waals surface area contributed by atoms with Crippen LogP contribution in [0.25, 0.3) is 0 Å². The average Bonchev–Trinajstić information content (AvgIpc) is 2.68. The van der Waals surface area contributed by atoms with Crippen molar-refractivity contribution in [1.29, 1.82) is 0 Å². The van der Waals surface area contributed by atoms with E-state index in [9.17, 15) is 10.1 Å². The molecule has 0 spiro atoms. The fraction of sp³-hybridized carbons (Fsp3) is 0.0500. The molecule has 0 atom stereocenters. The molecule has 3 aromatic carbocycles. The number of hydrogen-bond acceptors (Lipinski definition) is 5. The van der Waals surface area contributed by atoms with Gasteiger partial charge in [0.25, 0.3) is 5.69 Å². The molecular weight excluding hydrogens is 330 g/mol. The molecule has 130 valence electrons. The number of anilines is 1. The fourth-order valence-corrected chi connectivity index (χ4v) is 2.33. The highest BCUT2D eigenvalue weighted by atomic mass is 16.6. The Morgan fingerprint density at radius 1 is 1.00 bits per heavy atom. The van der Waals surface area contributed by atoms with Crippen LogP contribution in [0.5, 0.6) is 5.75 Å². The second-order valence-corrected chi connectivity index (χ2v) is 5.49. The summed E-state index contributed by atoms with van der Waals surface area (Å²) in [5.41, 5.74) is 4.93. The van der Waals surface area contributed by atoms with Gasteiger partial charge in [0.05, 0.1) is 11.1 Å². The number of para-hydroxylation sites is 2. The molecule has 0 aliphatic carbocycles. The summed E-state index contributed by atoms with van der Waals surface area (Å²) in [4.78, 5) is 10.5. The molecule has 3 aromatic rings. The lowest BCUT2D eigenvalue weighted by Crippen LogP contribution is -1.97. The van der Waals surface area contributed by atoms with Gasteiger partial charge in [0, 0.05) is 6.07 Å². The maximum Gasteiger partial charge on any atom is 0.294 e. The van der Waals surface area contributed by atoms with Gasteiger partial charge in [-0.25, -0.2) is 0 Å². The summed E-state index contributed by atoms with van der Waals surface area (Å²) in [5.74, 6) is 0.725. The Morgan fingerprint density at radius 2 is 1.77 bits per heavy atom. The highest BCUT2D eigenvalue weighted by Crippen LogP contribution is 2.23. The van der Waals surface area contributed by atoms with Crippen LogP contribution in [-0.4, -0.2) is 11.1 Å². The van der Waals surface area contributed by atoms with Crippen LogP contribution in [0.2, 0.25) is 0 Å². The topological polar surface area (TPSA) is 76.8 Å². The zero-order valence-electron chi connectivity index (χ0n) is 13.9. The van der Waals surface area contributed by atoms with Crippen molar-refractivity contribution >= 4 is 17.6 Å². The molecule has 0 radical (unpaired) electrons. The third-order valence-electron chi connectivity index (χ3n) is 3.61. The van der Waals surface area contributed by atoms with Gasteiger partial charge in [-0.3, -0.25) is 15.5 Å². The lowest BCUT2D eigenvalue weighted by atomic mass is 10.2. The largest absolute Gasteiger partial charge is 0.489 e. The summed E-state index contributed by atoms with van der Waals surface area (Å²) in [6, 6.07) is 23.7. The summed E-state index contributed by atoms with van der Waals surface area (Å²) < 4.78 is 5.78. The third kappa shape index (κ3) is 4.67. The summed E-state index contributed by atoms with van der Waals surface area (Å²) in [5, 5.41) is 15.1. The Labute approximate surface area is 150 Å². The first-order valence-electron chi connectivity index (χ1n) is 8.01. The van der Waals surface area contributed by atoms with Crippen molar-refractivity contribution in [1.82, 2.24) is 0 Å². The van der Waals surface area contributed by atoms with E-state index in [1.165, 1.54) is 6.07 Å². The molecule has 6 heteroatoms. The number of nitrogens with one attached hydrogen (secondary N) is 1. The van der Waals surface area contributed by atoms with E-state index in [1.54, 1.807) is 24.4 Å². The van der Waals surface area contributed by atoms with Crippen molar-refractivity contribution < 1.29 is 9.66 Å². The van der Waals surface area contributed by atoms with Crippen LogP contribution in [-0.2, 0) is 6.61 Å². The van der Waals surface area contributed by atoms with Gasteiger partial charge in [-0.1, -0.05) is 54.6 Å². The van der Waals surface area contributed by atoms with Crippen LogP contribution in [0.1, 0.15) is 11.1 Å². The quantitative estimate of drug-likeness (QED) is 0.384. The molecule has 0 unspecified atom stereocenters. The summed E-state index contributed by atoms with van der Waals surface area (Å²) in [7, 11) is 0. The highest BCUT2D eigenvalue weighted by Gasteiger charge is 2.10. The second-order valence-electron chi connectivity index (χ2n) is 5.49. The van der Waals surface area contributed by atoms with Crippen LogP contribution < -0.4 is 10.2 Å². The number of nitro benzene ring substituents is 1. The Bertz CT molecular complexity index is 911. The minimum atomic E-state index is -0.449. The van der Waals surface area contributed by atoms with Crippen molar-refractivity contribution in [3.05, 3.63) is 100 Å². The van der Waals surface area contributed by atoms with E-state index >= 15 is 0 Å². The van der Waals surface area contributed by atoms with E-state index in [-0.39, 0.29) is 5.69 Å². The maximum atomic E-state index is 11.0. The van der Waals surface area contributed by atoms with Crippen molar-refractivity contribution in [2.75, 3.05) is 5.43 Å². The third-order valence-corrected chi connectivity index (χ3v) is 3.61. The molecule has 0 fully saturated rings. The van der Waals surface area contributed by atoms with Gasteiger partial charge < -0.3 is 4.74 Å². The first kappa shape index (κ1) is 17.2. The van der Waals surface area contributed by atoms with Crippen LogP contribution >= 0.6 is 0 Å². The van der Waals surface area contributed by atoms with E-state index in [4.69, 9.17) is 4.74 Å². The number of nitrogens with zero attached hydrogens (tertiary/aromatic N) is 2. The van der Waals surface area contributed by atoms with Crippen molar-refractivity contribution in [2.24, 2.45) is 5.10 Å². The zero-order chi connectivity index (χ0) is 18.2. The van der Waals surface area contributed by atoms with Crippen LogP contribution in [0, 0.1) is 10.1 Å². The Balaban J connectivity index is 1.63. The van der Waals surface area contributed by atoms with E-state index in [0.29, 0.717) is 12.3 Å². The highest BCUT2D eigenvalue weighted by molar-refractivity contribution is 5.81. The minimum Gasteiger partial charge on any atom is -0.489 e.